The molecule has 100 valence electrons. The van der Waals surface area contributed by atoms with E-state index in [0.29, 0.717) is 29.9 Å². The Hall–Kier alpha value is -1.65. The molecule has 0 radical (unpaired) electrons. The molecule has 0 aromatic carbocycles. The second-order valence-corrected chi connectivity index (χ2v) is 4.14. The van der Waals surface area contributed by atoms with Crippen LogP contribution in [0.15, 0.2) is 0 Å². The molecule has 0 saturated carbocycles. The number of hydrogen-bond donors (Lipinski definition) is 1. The maximum atomic E-state index is 11.8. The minimum atomic E-state index is -0.198. The molecule has 2 heterocycles. The van der Waals surface area contributed by atoms with Gasteiger partial charge >= 0.3 is 0 Å². The zero-order chi connectivity index (χ0) is 13.9. The lowest BCUT2D eigenvalue weighted by molar-refractivity contribution is 0.0888. The van der Waals surface area contributed by atoms with Crippen LogP contribution in [0.2, 0.25) is 0 Å². The maximum absolute atomic E-state index is 11.8. The summed E-state index contributed by atoms with van der Waals surface area (Å²) < 4.78 is 1.64. The summed E-state index contributed by atoms with van der Waals surface area (Å²) >= 11 is 0. The summed E-state index contributed by atoms with van der Waals surface area (Å²) in [5.41, 5.74) is 1.54. The molecule has 1 aromatic rings. The van der Waals surface area contributed by atoms with Gasteiger partial charge in [0.2, 0.25) is 0 Å². The average Bonchev–Trinajstić information content (AvgIpc) is 2.67. The summed E-state index contributed by atoms with van der Waals surface area (Å²) in [6.45, 7) is 10.1. The third kappa shape index (κ3) is 2.44. The lowest BCUT2D eigenvalue weighted by atomic mass is 10.0. The molecular weight excluding hydrogens is 230 g/mol. The van der Waals surface area contributed by atoms with Crippen LogP contribution >= 0.6 is 0 Å². The summed E-state index contributed by atoms with van der Waals surface area (Å²) in [6.07, 6.45) is 0.391. The first-order valence-corrected chi connectivity index (χ1v) is 6.46. The molecule has 0 fully saturated rings. The van der Waals surface area contributed by atoms with Crippen molar-refractivity contribution in [2.45, 2.75) is 53.6 Å². The lowest BCUT2D eigenvalue weighted by Crippen LogP contribution is -2.43. The summed E-state index contributed by atoms with van der Waals surface area (Å²) in [4.78, 5) is 23.6. The second-order valence-electron chi connectivity index (χ2n) is 4.14. The molecule has 0 bridgehead atoms. The molecule has 0 spiro atoms. The fraction of sp³-hybridized carbons (Fsp3) is 0.615. The first-order valence-electron chi connectivity index (χ1n) is 6.46. The lowest BCUT2D eigenvalue weighted by Gasteiger charge is -2.21. The van der Waals surface area contributed by atoms with Crippen molar-refractivity contribution in [2.24, 2.45) is 0 Å². The van der Waals surface area contributed by atoms with Crippen molar-refractivity contribution in [3.63, 3.8) is 0 Å². The van der Waals surface area contributed by atoms with E-state index in [2.05, 4.69) is 10.4 Å². The monoisotopic (exact) mass is 251 g/mol. The highest BCUT2D eigenvalue weighted by atomic mass is 16.2. The molecule has 1 aliphatic heterocycles. The predicted octanol–water partition coefficient (Wildman–Crippen LogP) is 1.94. The number of aryl methyl sites for hydroxylation is 1. The Morgan fingerprint density at radius 3 is 2.67 bits per heavy atom. The van der Waals surface area contributed by atoms with Crippen molar-refractivity contribution < 1.29 is 9.59 Å². The summed E-state index contributed by atoms with van der Waals surface area (Å²) in [6, 6.07) is 0.0591. The Balaban J connectivity index is 0.000000771. The molecule has 1 aromatic heterocycles. The van der Waals surface area contributed by atoms with Crippen LogP contribution in [0, 0.1) is 6.92 Å². The van der Waals surface area contributed by atoms with Crippen LogP contribution in [0.3, 0.4) is 0 Å². The van der Waals surface area contributed by atoms with Gasteiger partial charge in [0.25, 0.3) is 5.91 Å². The van der Waals surface area contributed by atoms with Gasteiger partial charge < -0.3 is 5.32 Å². The Morgan fingerprint density at radius 2 is 2.11 bits per heavy atom. The molecule has 1 N–H and O–H groups in total. The number of hydrogen-bond acceptors (Lipinski definition) is 3. The first-order chi connectivity index (χ1) is 8.54. The van der Waals surface area contributed by atoms with Crippen molar-refractivity contribution in [1.29, 1.82) is 0 Å². The Morgan fingerprint density at radius 1 is 1.50 bits per heavy atom. The zero-order valence-corrected chi connectivity index (χ0v) is 11.7. The van der Waals surface area contributed by atoms with Gasteiger partial charge in [0.05, 0.1) is 17.8 Å². The number of rotatable bonds is 2. The maximum Gasteiger partial charge on any atom is 0.270 e. The number of carbonyl (C=O) groups is 2. The Bertz CT molecular complexity index is 463. The minimum Gasteiger partial charge on any atom is -0.346 e. The van der Waals surface area contributed by atoms with Gasteiger partial charge in [0, 0.05) is 12.5 Å². The van der Waals surface area contributed by atoms with E-state index in [1.54, 1.807) is 18.5 Å². The van der Waals surface area contributed by atoms with Crippen molar-refractivity contribution in [3.05, 3.63) is 17.0 Å². The molecule has 1 atom stereocenters. The van der Waals surface area contributed by atoms with Crippen molar-refractivity contribution in [2.75, 3.05) is 0 Å². The van der Waals surface area contributed by atoms with Gasteiger partial charge in [-0.3, -0.25) is 14.3 Å². The van der Waals surface area contributed by atoms with Crippen LogP contribution in [0.25, 0.3) is 0 Å². The standard InChI is InChI=1S/C11H15N3O2.C2H6/c1-4-8(15)9-7(3)13-14-5-6(2)12-11(16)10(9)14;1-2/h6H,4-5H2,1-3H3,(H,12,16);1-2H3. The first kappa shape index (κ1) is 14.4. The predicted molar refractivity (Wildman–Crippen MR) is 69.9 cm³/mol. The zero-order valence-electron chi connectivity index (χ0n) is 11.7. The van der Waals surface area contributed by atoms with Crippen LogP contribution in [0.1, 0.15) is 60.7 Å². The highest BCUT2D eigenvalue weighted by Crippen LogP contribution is 2.19. The average molecular weight is 251 g/mol. The molecule has 2 rings (SSSR count). The number of aromatic nitrogens is 2. The van der Waals surface area contributed by atoms with E-state index in [4.69, 9.17) is 0 Å². The van der Waals surface area contributed by atoms with E-state index in [9.17, 15) is 9.59 Å². The van der Waals surface area contributed by atoms with E-state index < -0.39 is 0 Å². The van der Waals surface area contributed by atoms with Gasteiger partial charge in [-0.25, -0.2) is 0 Å². The fourth-order valence-electron chi connectivity index (χ4n) is 2.05. The number of amides is 1. The van der Waals surface area contributed by atoms with Gasteiger partial charge in [0.1, 0.15) is 5.69 Å². The third-order valence-electron chi connectivity index (χ3n) is 2.77. The highest BCUT2D eigenvalue weighted by Gasteiger charge is 2.30. The molecule has 5 nitrogen and oxygen atoms in total. The van der Waals surface area contributed by atoms with E-state index in [-0.39, 0.29) is 17.7 Å². The molecule has 1 amide bonds. The normalized spacial score (nSPS) is 17.4. The van der Waals surface area contributed by atoms with Crippen molar-refractivity contribution in [3.8, 4) is 0 Å². The van der Waals surface area contributed by atoms with Gasteiger partial charge in [-0.05, 0) is 13.8 Å². The number of nitrogens with one attached hydrogen (secondary N) is 1. The number of ketones is 1. The van der Waals surface area contributed by atoms with Crippen LogP contribution in [0.5, 0.6) is 0 Å². The van der Waals surface area contributed by atoms with E-state index in [1.165, 1.54) is 0 Å². The molecular formula is C13H21N3O2. The molecule has 1 unspecified atom stereocenters. The molecule has 5 heteroatoms. The Kier molecular flexibility index (Phi) is 4.64. The number of carbonyl (C=O) groups excluding carboxylic acids is 2. The smallest absolute Gasteiger partial charge is 0.270 e. The minimum absolute atomic E-state index is 0.0246. The summed E-state index contributed by atoms with van der Waals surface area (Å²) in [5, 5.41) is 7.07. The van der Waals surface area contributed by atoms with Crippen LogP contribution < -0.4 is 5.32 Å². The molecule has 0 aliphatic carbocycles. The van der Waals surface area contributed by atoms with E-state index >= 15 is 0 Å². The number of nitrogens with zero attached hydrogens (tertiary/aromatic N) is 2. The van der Waals surface area contributed by atoms with Crippen molar-refractivity contribution >= 4 is 11.7 Å². The second kappa shape index (κ2) is 5.80. The summed E-state index contributed by atoms with van der Waals surface area (Å²) in [7, 11) is 0. The number of fused-ring (bicyclic) bond motifs is 1. The van der Waals surface area contributed by atoms with Gasteiger partial charge in [-0.1, -0.05) is 20.8 Å². The van der Waals surface area contributed by atoms with Crippen molar-refractivity contribution in [1.82, 2.24) is 15.1 Å². The molecule has 1 aliphatic rings. The van der Waals surface area contributed by atoms with Crippen LogP contribution in [-0.2, 0) is 6.54 Å². The largest absolute Gasteiger partial charge is 0.346 e. The highest BCUT2D eigenvalue weighted by molar-refractivity contribution is 6.08. The number of Topliss-reactive ketones (excluding diaryl/α,β-unsaturated/α-hetero) is 1. The third-order valence-corrected chi connectivity index (χ3v) is 2.77. The molecule has 18 heavy (non-hydrogen) atoms. The SMILES string of the molecule is CC.CCC(=O)c1c(C)nn2c1C(=O)NC(C)C2. The van der Waals surface area contributed by atoms with Crippen LogP contribution in [-0.4, -0.2) is 27.5 Å². The summed E-state index contributed by atoms with van der Waals surface area (Å²) in [5.74, 6) is -0.223. The van der Waals surface area contributed by atoms with Crippen LogP contribution in [0.4, 0.5) is 0 Å². The fourth-order valence-corrected chi connectivity index (χ4v) is 2.05. The molecule has 0 saturated heterocycles. The van der Waals surface area contributed by atoms with Gasteiger partial charge in [-0.2, -0.15) is 5.10 Å². The quantitative estimate of drug-likeness (QED) is 0.817. The van der Waals surface area contributed by atoms with Gasteiger partial charge in [0.15, 0.2) is 5.78 Å². The van der Waals surface area contributed by atoms with E-state index in [0.717, 1.165) is 0 Å². The van der Waals surface area contributed by atoms with E-state index in [1.807, 2.05) is 20.8 Å². The Labute approximate surface area is 108 Å². The topological polar surface area (TPSA) is 64.0 Å². The van der Waals surface area contributed by atoms with Gasteiger partial charge in [-0.15, -0.1) is 0 Å².